The van der Waals surface area contributed by atoms with Crippen LogP contribution in [0, 0.1) is 13.8 Å². The molecule has 0 aromatic heterocycles. The van der Waals surface area contributed by atoms with E-state index in [1.54, 1.807) is 18.2 Å². The SMILES string of the molecule is C=COC(=C)C(=O)Nc1cc(Oc2c(C)cc([NH2+]O)cc2C)ccc1O.CC. The summed E-state index contributed by atoms with van der Waals surface area (Å²) in [6.45, 7) is 14.5. The van der Waals surface area contributed by atoms with Gasteiger partial charge in [-0.05, 0) is 37.1 Å². The molecule has 1 amide bonds. The molecule has 0 heterocycles. The highest BCUT2D eigenvalue weighted by atomic mass is 16.5. The molecule has 150 valence electrons. The molecule has 0 aliphatic heterocycles. The molecule has 7 nitrogen and oxygen atoms in total. The Morgan fingerprint density at radius 2 is 1.79 bits per heavy atom. The lowest BCUT2D eigenvalue weighted by atomic mass is 10.1. The molecule has 0 bridgehead atoms. The number of phenolic OH excluding ortho intramolecular Hbond substituents is 1. The second-order valence-corrected chi connectivity index (χ2v) is 5.56. The topological polar surface area (TPSA) is 105 Å². The molecule has 0 fully saturated rings. The van der Waals surface area contributed by atoms with Crippen LogP contribution in [0.15, 0.2) is 55.5 Å². The molecule has 0 radical (unpaired) electrons. The van der Waals surface area contributed by atoms with E-state index in [1.165, 1.54) is 12.1 Å². The van der Waals surface area contributed by atoms with Gasteiger partial charge >= 0.3 is 0 Å². The number of nitrogens with two attached hydrogens (primary N) is 1. The van der Waals surface area contributed by atoms with Crippen LogP contribution in [0.3, 0.4) is 0 Å². The summed E-state index contributed by atoms with van der Waals surface area (Å²) in [5.41, 5.74) is 3.51. The Bertz CT molecular complexity index is 839. The number of amides is 1. The average Bonchev–Trinajstić information content (AvgIpc) is 2.68. The van der Waals surface area contributed by atoms with E-state index < -0.39 is 5.91 Å². The minimum absolute atomic E-state index is 0.129. The van der Waals surface area contributed by atoms with Crippen molar-refractivity contribution in [3.8, 4) is 17.2 Å². The summed E-state index contributed by atoms with van der Waals surface area (Å²) in [7, 11) is 0. The van der Waals surface area contributed by atoms with Crippen molar-refractivity contribution in [1.82, 2.24) is 0 Å². The summed E-state index contributed by atoms with van der Waals surface area (Å²) >= 11 is 0. The van der Waals surface area contributed by atoms with E-state index in [4.69, 9.17) is 14.7 Å². The monoisotopic (exact) mass is 387 g/mol. The number of hydrogen-bond acceptors (Lipinski definition) is 5. The number of ether oxygens (including phenoxy) is 2. The molecule has 0 saturated heterocycles. The van der Waals surface area contributed by atoms with Gasteiger partial charge in [-0.1, -0.05) is 27.0 Å². The van der Waals surface area contributed by atoms with Gasteiger partial charge in [0.2, 0.25) is 0 Å². The van der Waals surface area contributed by atoms with Crippen LogP contribution in [-0.4, -0.2) is 16.2 Å². The smallest absolute Gasteiger partial charge is 0.290 e. The van der Waals surface area contributed by atoms with E-state index in [2.05, 4.69) is 18.5 Å². The molecule has 5 N–H and O–H groups in total. The quantitative estimate of drug-likeness (QED) is 0.189. The lowest BCUT2D eigenvalue weighted by Gasteiger charge is -2.14. The van der Waals surface area contributed by atoms with Crippen molar-refractivity contribution in [2.45, 2.75) is 27.7 Å². The van der Waals surface area contributed by atoms with Crippen molar-refractivity contribution in [2.75, 3.05) is 5.32 Å². The van der Waals surface area contributed by atoms with E-state index in [0.717, 1.165) is 22.9 Å². The minimum atomic E-state index is -0.618. The highest BCUT2D eigenvalue weighted by Gasteiger charge is 2.14. The lowest BCUT2D eigenvalue weighted by Crippen LogP contribution is -2.73. The van der Waals surface area contributed by atoms with Crippen molar-refractivity contribution >= 4 is 17.3 Å². The molecular formula is C21H27N2O5+. The summed E-state index contributed by atoms with van der Waals surface area (Å²) in [5.74, 6) is 0.134. The number of nitrogens with one attached hydrogen (secondary N) is 1. The number of rotatable bonds is 7. The summed E-state index contributed by atoms with van der Waals surface area (Å²) in [6, 6.07) is 8.02. The number of quaternary nitrogens is 1. The molecular weight excluding hydrogens is 360 g/mol. The second kappa shape index (κ2) is 10.8. The maximum absolute atomic E-state index is 11.9. The molecule has 0 unspecified atom stereocenters. The summed E-state index contributed by atoms with van der Waals surface area (Å²) in [6.07, 6.45) is 1.08. The molecule has 0 spiro atoms. The predicted octanol–water partition coefficient (Wildman–Crippen LogP) is 4.02. The van der Waals surface area contributed by atoms with Crippen LogP contribution < -0.4 is 15.5 Å². The molecule has 0 aliphatic rings. The fourth-order valence-corrected chi connectivity index (χ4v) is 2.36. The van der Waals surface area contributed by atoms with Gasteiger partial charge in [-0.3, -0.25) is 4.79 Å². The van der Waals surface area contributed by atoms with Crippen molar-refractivity contribution in [1.29, 1.82) is 0 Å². The maximum atomic E-state index is 11.9. The van der Waals surface area contributed by atoms with Gasteiger partial charge in [0.15, 0.2) is 11.4 Å². The lowest BCUT2D eigenvalue weighted by molar-refractivity contribution is -0.825. The Labute approximate surface area is 164 Å². The van der Waals surface area contributed by atoms with Crippen molar-refractivity contribution < 1.29 is 30.1 Å². The molecule has 0 saturated carbocycles. The molecule has 2 aromatic rings. The highest BCUT2D eigenvalue weighted by Crippen LogP contribution is 2.34. The van der Waals surface area contributed by atoms with Crippen LogP contribution in [0.25, 0.3) is 0 Å². The third-order valence-corrected chi connectivity index (χ3v) is 3.55. The first kappa shape index (κ1) is 22.8. The number of hydrogen-bond donors (Lipinski definition) is 4. The Morgan fingerprint density at radius 3 is 2.32 bits per heavy atom. The Hall–Kier alpha value is -3.29. The van der Waals surface area contributed by atoms with Gasteiger partial charge in [-0.15, -0.1) is 0 Å². The summed E-state index contributed by atoms with van der Waals surface area (Å²) < 4.78 is 10.7. The molecule has 0 atom stereocenters. The second-order valence-electron chi connectivity index (χ2n) is 5.56. The van der Waals surface area contributed by atoms with Crippen LogP contribution in [0.5, 0.6) is 17.2 Å². The first-order valence-corrected chi connectivity index (χ1v) is 8.73. The van der Waals surface area contributed by atoms with Crippen LogP contribution in [0.1, 0.15) is 25.0 Å². The van der Waals surface area contributed by atoms with E-state index in [-0.39, 0.29) is 17.2 Å². The third-order valence-electron chi connectivity index (χ3n) is 3.55. The van der Waals surface area contributed by atoms with Gasteiger partial charge in [-0.2, -0.15) is 5.48 Å². The molecule has 2 aromatic carbocycles. The van der Waals surface area contributed by atoms with Crippen LogP contribution in [0.4, 0.5) is 11.4 Å². The number of aryl methyl sites for hydroxylation is 2. The van der Waals surface area contributed by atoms with Gasteiger partial charge in [0.25, 0.3) is 5.91 Å². The molecule has 2 rings (SSSR count). The first-order chi connectivity index (χ1) is 13.3. The number of benzene rings is 2. The Morgan fingerprint density at radius 1 is 1.18 bits per heavy atom. The highest BCUT2D eigenvalue weighted by molar-refractivity contribution is 6.02. The third kappa shape index (κ3) is 5.87. The van der Waals surface area contributed by atoms with Gasteiger partial charge < -0.3 is 19.9 Å². The largest absolute Gasteiger partial charge is 0.506 e. The van der Waals surface area contributed by atoms with Crippen molar-refractivity contribution in [3.05, 3.63) is 66.6 Å². The number of aromatic hydroxyl groups is 1. The van der Waals surface area contributed by atoms with Gasteiger partial charge in [0, 0.05) is 18.2 Å². The summed E-state index contributed by atoms with van der Waals surface area (Å²) in [5, 5.41) is 21.6. The number of carbonyl (C=O) groups excluding carboxylic acids is 1. The molecule has 0 aliphatic carbocycles. The standard InChI is InChI=1S/C19H20N2O5.C2H6/c1-5-25-13(4)19(23)20-16-10-15(6-7-17(16)22)26-18-11(2)8-14(21-24)9-12(18)3;1-2/h5-10,21-22,24H,1,4H2,2-3H3,(H,20,23);1-2H3/p+1. The Kier molecular flexibility index (Phi) is 8.74. The first-order valence-electron chi connectivity index (χ1n) is 8.73. The predicted molar refractivity (Wildman–Crippen MR) is 108 cm³/mol. The van der Waals surface area contributed by atoms with E-state index in [9.17, 15) is 9.90 Å². The number of carbonyl (C=O) groups is 1. The zero-order chi connectivity index (χ0) is 21.3. The molecule has 7 heteroatoms. The number of anilines is 1. The number of phenols is 1. The van der Waals surface area contributed by atoms with Gasteiger partial charge in [0.05, 0.1) is 11.9 Å². The summed E-state index contributed by atoms with van der Waals surface area (Å²) in [4.78, 5) is 11.9. The average molecular weight is 387 g/mol. The minimum Gasteiger partial charge on any atom is -0.506 e. The van der Waals surface area contributed by atoms with E-state index >= 15 is 0 Å². The van der Waals surface area contributed by atoms with Crippen LogP contribution in [-0.2, 0) is 9.53 Å². The Balaban J connectivity index is 0.00000190. The van der Waals surface area contributed by atoms with Crippen LogP contribution >= 0.6 is 0 Å². The fraction of sp³-hybridized carbons (Fsp3) is 0.190. The molecule has 28 heavy (non-hydrogen) atoms. The van der Waals surface area contributed by atoms with E-state index in [0.29, 0.717) is 17.2 Å². The van der Waals surface area contributed by atoms with Crippen molar-refractivity contribution in [2.24, 2.45) is 0 Å². The zero-order valence-electron chi connectivity index (χ0n) is 16.6. The van der Waals surface area contributed by atoms with Crippen molar-refractivity contribution in [3.63, 3.8) is 0 Å². The van der Waals surface area contributed by atoms with Gasteiger partial charge in [-0.25, -0.2) is 5.21 Å². The zero-order valence-corrected chi connectivity index (χ0v) is 16.6. The van der Waals surface area contributed by atoms with Crippen LogP contribution in [0.2, 0.25) is 0 Å². The normalized spacial score (nSPS) is 9.61. The van der Waals surface area contributed by atoms with Gasteiger partial charge in [0.1, 0.15) is 17.2 Å². The fourth-order valence-electron chi connectivity index (χ4n) is 2.36. The van der Waals surface area contributed by atoms with E-state index in [1.807, 2.05) is 27.7 Å². The maximum Gasteiger partial charge on any atom is 0.290 e.